The lowest BCUT2D eigenvalue weighted by atomic mass is 10.4. The minimum atomic E-state index is -0.219. The monoisotopic (exact) mass is 269 g/mol. The molecule has 1 aromatic rings. The summed E-state index contributed by atoms with van der Waals surface area (Å²) in [6.45, 7) is 3.02. The van der Waals surface area contributed by atoms with Gasteiger partial charge in [0.2, 0.25) is 5.91 Å². The van der Waals surface area contributed by atoms with Crippen LogP contribution in [0.3, 0.4) is 0 Å². The van der Waals surface area contributed by atoms with E-state index < -0.39 is 0 Å². The van der Waals surface area contributed by atoms with Crippen LogP contribution in [0.25, 0.3) is 0 Å². The van der Waals surface area contributed by atoms with Crippen LogP contribution in [0.4, 0.5) is 0 Å². The molecule has 0 bridgehead atoms. The topological polar surface area (TPSA) is 90.2 Å². The van der Waals surface area contributed by atoms with Crippen molar-refractivity contribution in [1.29, 1.82) is 0 Å². The third-order valence-corrected chi connectivity index (χ3v) is 2.94. The highest BCUT2D eigenvalue weighted by molar-refractivity contribution is 5.75. The molecule has 8 nitrogen and oxygen atoms in total. The van der Waals surface area contributed by atoms with E-state index in [0.29, 0.717) is 32.1 Å². The molecule has 0 spiro atoms. The van der Waals surface area contributed by atoms with Crippen LogP contribution in [0, 0.1) is 0 Å². The number of carbonyl (C=O) groups is 1. The summed E-state index contributed by atoms with van der Waals surface area (Å²) in [5, 5.41) is 10.0. The van der Waals surface area contributed by atoms with Crippen molar-refractivity contribution in [3.8, 4) is 0 Å². The Bertz CT molecular complexity index is 493. The van der Waals surface area contributed by atoms with Gasteiger partial charge < -0.3 is 15.4 Å². The molecule has 0 radical (unpaired) electrons. The van der Waals surface area contributed by atoms with E-state index in [0.717, 1.165) is 13.0 Å². The van der Waals surface area contributed by atoms with Gasteiger partial charge in [0.25, 0.3) is 0 Å². The van der Waals surface area contributed by atoms with E-state index >= 15 is 0 Å². The first-order valence-electron chi connectivity index (χ1n) is 6.35. The molecule has 8 heteroatoms. The lowest BCUT2D eigenvalue weighted by Crippen LogP contribution is -2.36. The van der Waals surface area contributed by atoms with E-state index in [4.69, 9.17) is 4.74 Å². The standard InChI is InChI=1S/C11H19N5O3/c1-19-6-2-3-13-10(17)8-16-11(18)15-5-4-12-7-9(15)14-16/h12H,2-8H2,1H3,(H,13,17). The predicted molar refractivity (Wildman–Crippen MR) is 67.7 cm³/mol. The van der Waals surface area contributed by atoms with Crippen molar-refractivity contribution in [1.82, 2.24) is 25.0 Å². The molecule has 2 heterocycles. The van der Waals surface area contributed by atoms with Crippen LogP contribution in [0.1, 0.15) is 12.2 Å². The number of hydrogen-bond donors (Lipinski definition) is 2. The third kappa shape index (κ3) is 3.42. The normalized spacial score (nSPS) is 14.2. The Morgan fingerprint density at radius 1 is 1.58 bits per heavy atom. The van der Waals surface area contributed by atoms with Crippen molar-refractivity contribution in [3.63, 3.8) is 0 Å². The SMILES string of the molecule is COCCCNC(=O)Cn1nc2n(c1=O)CCNC2. The van der Waals surface area contributed by atoms with Crippen molar-refractivity contribution < 1.29 is 9.53 Å². The number of rotatable bonds is 6. The second kappa shape index (κ2) is 6.48. The van der Waals surface area contributed by atoms with Gasteiger partial charge in [-0.1, -0.05) is 0 Å². The molecule has 1 aliphatic rings. The maximum atomic E-state index is 12.0. The van der Waals surface area contributed by atoms with Crippen LogP contribution in [-0.4, -0.2) is 47.1 Å². The second-order valence-electron chi connectivity index (χ2n) is 4.38. The van der Waals surface area contributed by atoms with Gasteiger partial charge in [0.15, 0.2) is 0 Å². The average molecular weight is 269 g/mol. The molecule has 0 unspecified atom stereocenters. The number of amides is 1. The van der Waals surface area contributed by atoms with Gasteiger partial charge in [0.1, 0.15) is 12.4 Å². The van der Waals surface area contributed by atoms with Crippen LogP contribution in [0.5, 0.6) is 0 Å². The van der Waals surface area contributed by atoms with Gasteiger partial charge in [-0.15, -0.1) is 0 Å². The van der Waals surface area contributed by atoms with Crippen molar-refractivity contribution in [2.75, 3.05) is 26.8 Å². The Kier molecular flexibility index (Phi) is 4.69. The molecule has 0 atom stereocenters. The zero-order valence-electron chi connectivity index (χ0n) is 11.0. The number of methoxy groups -OCH3 is 1. The third-order valence-electron chi connectivity index (χ3n) is 2.94. The molecular weight excluding hydrogens is 250 g/mol. The average Bonchev–Trinajstić information content (AvgIpc) is 2.72. The highest BCUT2D eigenvalue weighted by Crippen LogP contribution is 1.97. The van der Waals surface area contributed by atoms with E-state index in [1.807, 2.05) is 0 Å². The number of aromatic nitrogens is 3. The summed E-state index contributed by atoms with van der Waals surface area (Å²) in [6, 6.07) is 0. The zero-order chi connectivity index (χ0) is 13.7. The second-order valence-corrected chi connectivity index (χ2v) is 4.38. The molecule has 0 saturated carbocycles. The van der Waals surface area contributed by atoms with Crippen LogP contribution in [0.15, 0.2) is 4.79 Å². The van der Waals surface area contributed by atoms with Gasteiger partial charge >= 0.3 is 5.69 Å². The first kappa shape index (κ1) is 13.8. The van der Waals surface area contributed by atoms with Crippen molar-refractivity contribution >= 4 is 5.91 Å². The Balaban J connectivity index is 1.90. The summed E-state index contributed by atoms with van der Waals surface area (Å²) in [4.78, 5) is 23.6. The van der Waals surface area contributed by atoms with E-state index in [2.05, 4.69) is 15.7 Å². The van der Waals surface area contributed by atoms with Gasteiger partial charge in [0, 0.05) is 33.4 Å². The van der Waals surface area contributed by atoms with E-state index in [9.17, 15) is 9.59 Å². The Labute approximate surface area is 110 Å². The van der Waals surface area contributed by atoms with Gasteiger partial charge in [-0.2, -0.15) is 5.10 Å². The highest BCUT2D eigenvalue weighted by Gasteiger charge is 2.17. The van der Waals surface area contributed by atoms with Gasteiger partial charge in [-0.3, -0.25) is 9.36 Å². The van der Waals surface area contributed by atoms with Crippen LogP contribution in [0.2, 0.25) is 0 Å². The minimum Gasteiger partial charge on any atom is -0.385 e. The fourth-order valence-corrected chi connectivity index (χ4v) is 1.97. The minimum absolute atomic E-state index is 0.0359. The molecule has 2 rings (SSSR count). The van der Waals surface area contributed by atoms with E-state index in [-0.39, 0.29) is 18.1 Å². The summed E-state index contributed by atoms with van der Waals surface area (Å²) >= 11 is 0. The smallest absolute Gasteiger partial charge is 0.346 e. The lowest BCUT2D eigenvalue weighted by Gasteiger charge is -2.11. The Morgan fingerprint density at radius 2 is 2.42 bits per heavy atom. The quantitative estimate of drug-likeness (QED) is 0.601. The fraction of sp³-hybridized carbons (Fsp3) is 0.727. The molecular formula is C11H19N5O3. The summed E-state index contributed by atoms with van der Waals surface area (Å²) in [5.74, 6) is 0.477. The zero-order valence-corrected chi connectivity index (χ0v) is 11.0. The molecule has 1 aromatic heterocycles. The molecule has 1 amide bonds. The van der Waals surface area contributed by atoms with Crippen LogP contribution < -0.4 is 16.3 Å². The predicted octanol–water partition coefficient (Wildman–Crippen LogP) is -1.70. The maximum absolute atomic E-state index is 12.0. The van der Waals surface area contributed by atoms with Crippen molar-refractivity contribution in [2.24, 2.45) is 0 Å². The molecule has 0 saturated heterocycles. The Hall–Kier alpha value is -1.67. The molecule has 0 aromatic carbocycles. The maximum Gasteiger partial charge on any atom is 0.346 e. The van der Waals surface area contributed by atoms with Crippen molar-refractivity contribution in [3.05, 3.63) is 16.3 Å². The number of fused-ring (bicyclic) bond motifs is 1. The number of nitrogens with one attached hydrogen (secondary N) is 2. The molecule has 0 fully saturated rings. The summed E-state index contributed by atoms with van der Waals surface area (Å²) < 4.78 is 7.71. The molecule has 1 aliphatic heterocycles. The Morgan fingerprint density at radius 3 is 3.16 bits per heavy atom. The van der Waals surface area contributed by atoms with Gasteiger partial charge in [-0.25, -0.2) is 9.48 Å². The number of carbonyl (C=O) groups excluding carboxylic acids is 1. The summed E-state index contributed by atoms with van der Waals surface area (Å²) in [6.07, 6.45) is 0.751. The number of nitrogens with zero attached hydrogens (tertiary/aromatic N) is 3. The van der Waals surface area contributed by atoms with E-state index in [1.54, 1.807) is 11.7 Å². The van der Waals surface area contributed by atoms with Crippen molar-refractivity contribution in [2.45, 2.75) is 26.1 Å². The largest absolute Gasteiger partial charge is 0.385 e. The lowest BCUT2D eigenvalue weighted by molar-refractivity contribution is -0.121. The van der Waals surface area contributed by atoms with Crippen LogP contribution in [-0.2, 0) is 29.2 Å². The highest BCUT2D eigenvalue weighted by atomic mass is 16.5. The first-order valence-corrected chi connectivity index (χ1v) is 6.35. The van der Waals surface area contributed by atoms with E-state index in [1.165, 1.54) is 4.68 Å². The first-order chi connectivity index (χ1) is 9.22. The number of ether oxygens (including phenoxy) is 1. The summed E-state index contributed by atoms with van der Waals surface area (Å²) in [7, 11) is 1.62. The molecule has 2 N–H and O–H groups in total. The fourth-order valence-electron chi connectivity index (χ4n) is 1.97. The number of hydrogen-bond acceptors (Lipinski definition) is 5. The van der Waals surface area contributed by atoms with Crippen LogP contribution >= 0.6 is 0 Å². The van der Waals surface area contributed by atoms with Gasteiger partial charge in [-0.05, 0) is 6.42 Å². The van der Waals surface area contributed by atoms with Gasteiger partial charge in [0.05, 0.1) is 6.54 Å². The molecule has 19 heavy (non-hydrogen) atoms. The summed E-state index contributed by atoms with van der Waals surface area (Å²) in [5.41, 5.74) is -0.219. The molecule has 0 aliphatic carbocycles. The molecule has 106 valence electrons.